The second-order valence-corrected chi connectivity index (χ2v) is 5.97. The molecule has 3 aromatic heterocycles. The minimum atomic E-state index is 0.578. The molecule has 0 amide bonds. The van der Waals surface area contributed by atoms with Gasteiger partial charge < -0.3 is 5.32 Å². The molecule has 0 bridgehead atoms. The normalized spacial score (nSPS) is 10.9. The fraction of sp³-hybridized carbons (Fsp3) is 0. The maximum atomic E-state index is 6.19. The van der Waals surface area contributed by atoms with Crippen molar-refractivity contribution in [3.05, 3.63) is 71.1 Å². The second kappa shape index (κ2) is 6.11. The summed E-state index contributed by atoms with van der Waals surface area (Å²) in [7, 11) is 0. The van der Waals surface area contributed by atoms with Crippen LogP contribution in [0.25, 0.3) is 16.9 Å². The fourth-order valence-corrected chi connectivity index (χ4v) is 2.73. The Labute approximate surface area is 147 Å². The highest BCUT2D eigenvalue weighted by molar-refractivity contribution is 6.33. The molecule has 4 aromatic rings. The van der Waals surface area contributed by atoms with Gasteiger partial charge in [-0.1, -0.05) is 23.2 Å². The standard InChI is InChI=1S/C17H11Cl2N5/c18-12-3-5-13(6-4-12)23-16-10-21-15-8-11(9-22-24(15)16)17-14(19)2-1-7-20-17/h1-10,23H. The number of hydrogen-bond acceptors (Lipinski definition) is 4. The molecule has 5 nitrogen and oxygen atoms in total. The van der Waals surface area contributed by atoms with Gasteiger partial charge >= 0.3 is 0 Å². The van der Waals surface area contributed by atoms with E-state index >= 15 is 0 Å². The quantitative estimate of drug-likeness (QED) is 0.571. The van der Waals surface area contributed by atoms with Crippen LogP contribution in [0.4, 0.5) is 11.5 Å². The Morgan fingerprint density at radius 2 is 1.79 bits per heavy atom. The lowest BCUT2D eigenvalue weighted by atomic mass is 10.2. The van der Waals surface area contributed by atoms with E-state index in [0.29, 0.717) is 21.4 Å². The van der Waals surface area contributed by atoms with Gasteiger partial charge in [0.15, 0.2) is 11.5 Å². The maximum Gasteiger partial charge on any atom is 0.156 e. The summed E-state index contributed by atoms with van der Waals surface area (Å²) in [5.41, 5.74) is 3.10. The Bertz CT molecular complexity index is 1010. The molecule has 24 heavy (non-hydrogen) atoms. The summed E-state index contributed by atoms with van der Waals surface area (Å²) in [6, 6.07) is 12.9. The number of nitrogens with zero attached hydrogens (tertiary/aromatic N) is 4. The average Bonchev–Trinajstić information content (AvgIpc) is 2.99. The number of anilines is 2. The Morgan fingerprint density at radius 1 is 0.958 bits per heavy atom. The van der Waals surface area contributed by atoms with E-state index in [1.165, 1.54) is 0 Å². The third-order valence-electron chi connectivity index (χ3n) is 3.51. The molecule has 0 aliphatic heterocycles. The summed E-state index contributed by atoms with van der Waals surface area (Å²) in [5, 5.41) is 8.97. The lowest BCUT2D eigenvalue weighted by Crippen LogP contribution is -1.99. The predicted octanol–water partition coefficient (Wildman–Crippen LogP) is 4.84. The first-order valence-corrected chi connectivity index (χ1v) is 7.93. The molecule has 0 fully saturated rings. The van der Waals surface area contributed by atoms with Gasteiger partial charge in [0.05, 0.1) is 23.1 Å². The van der Waals surface area contributed by atoms with Gasteiger partial charge in [-0.15, -0.1) is 0 Å². The van der Waals surface area contributed by atoms with E-state index in [0.717, 1.165) is 17.1 Å². The molecule has 118 valence electrons. The summed E-state index contributed by atoms with van der Waals surface area (Å²) in [4.78, 5) is 8.69. The van der Waals surface area contributed by atoms with Crippen molar-refractivity contribution in [3.63, 3.8) is 0 Å². The van der Waals surface area contributed by atoms with Crippen molar-refractivity contribution in [3.8, 4) is 11.3 Å². The zero-order valence-electron chi connectivity index (χ0n) is 12.3. The average molecular weight is 356 g/mol. The number of hydrogen-bond donors (Lipinski definition) is 1. The van der Waals surface area contributed by atoms with Gasteiger partial charge in [-0.3, -0.25) is 4.98 Å². The number of imidazole rings is 1. The number of nitrogens with one attached hydrogen (secondary N) is 1. The lowest BCUT2D eigenvalue weighted by molar-refractivity contribution is 0.943. The Kier molecular flexibility index (Phi) is 3.80. The van der Waals surface area contributed by atoms with Crippen LogP contribution in [0.1, 0.15) is 0 Å². The molecular formula is C17H11Cl2N5. The first kappa shape index (κ1) is 14.9. The summed E-state index contributed by atoms with van der Waals surface area (Å²) in [6.45, 7) is 0. The summed E-state index contributed by atoms with van der Waals surface area (Å²) in [5.74, 6) is 0.756. The molecule has 0 radical (unpaired) electrons. The Morgan fingerprint density at radius 3 is 2.58 bits per heavy atom. The van der Waals surface area contributed by atoms with Crippen molar-refractivity contribution in [1.29, 1.82) is 0 Å². The fourth-order valence-electron chi connectivity index (χ4n) is 2.37. The molecule has 4 rings (SSSR count). The Balaban J connectivity index is 1.70. The SMILES string of the molecule is Clc1ccc(Nc2cnc3cc(-c4ncccc4Cl)cnn23)cc1. The van der Waals surface area contributed by atoms with Crippen LogP contribution in [0.3, 0.4) is 0 Å². The van der Waals surface area contributed by atoms with Crippen molar-refractivity contribution in [2.45, 2.75) is 0 Å². The van der Waals surface area contributed by atoms with Gasteiger partial charge in [-0.25, -0.2) is 4.98 Å². The number of rotatable bonds is 3. The van der Waals surface area contributed by atoms with Crippen LogP contribution in [0.2, 0.25) is 10.0 Å². The molecule has 7 heteroatoms. The van der Waals surface area contributed by atoms with Crippen LogP contribution < -0.4 is 5.32 Å². The molecule has 1 aromatic carbocycles. The molecule has 0 aliphatic carbocycles. The number of halogens is 2. The van der Waals surface area contributed by atoms with Crippen LogP contribution in [0.15, 0.2) is 61.1 Å². The second-order valence-electron chi connectivity index (χ2n) is 5.12. The van der Waals surface area contributed by atoms with Crippen LogP contribution in [0.5, 0.6) is 0 Å². The minimum Gasteiger partial charge on any atom is -0.339 e. The van der Waals surface area contributed by atoms with Crippen LogP contribution in [-0.4, -0.2) is 19.6 Å². The third-order valence-corrected chi connectivity index (χ3v) is 4.07. The topological polar surface area (TPSA) is 55.1 Å². The molecular weight excluding hydrogens is 345 g/mol. The largest absolute Gasteiger partial charge is 0.339 e. The molecule has 0 saturated carbocycles. The van der Waals surface area contributed by atoms with Gasteiger partial charge in [0.1, 0.15) is 0 Å². The van der Waals surface area contributed by atoms with E-state index in [1.807, 2.05) is 30.3 Å². The van der Waals surface area contributed by atoms with Gasteiger partial charge in [-0.05, 0) is 42.5 Å². The molecule has 0 spiro atoms. The van der Waals surface area contributed by atoms with Crippen molar-refractivity contribution in [1.82, 2.24) is 19.6 Å². The highest BCUT2D eigenvalue weighted by atomic mass is 35.5. The maximum absolute atomic E-state index is 6.19. The zero-order chi connectivity index (χ0) is 16.5. The van der Waals surface area contributed by atoms with Crippen molar-refractivity contribution in [2.75, 3.05) is 5.32 Å². The first-order chi connectivity index (χ1) is 11.7. The molecule has 0 unspecified atom stereocenters. The molecule has 3 heterocycles. The van der Waals surface area contributed by atoms with Crippen LogP contribution >= 0.6 is 23.2 Å². The van der Waals surface area contributed by atoms with Crippen molar-refractivity contribution in [2.24, 2.45) is 0 Å². The molecule has 0 atom stereocenters. The highest BCUT2D eigenvalue weighted by Gasteiger charge is 2.09. The number of pyridine rings is 1. The molecule has 0 saturated heterocycles. The van der Waals surface area contributed by atoms with E-state index in [4.69, 9.17) is 23.2 Å². The Hall–Kier alpha value is -2.63. The minimum absolute atomic E-state index is 0.578. The van der Waals surface area contributed by atoms with Crippen LogP contribution in [-0.2, 0) is 0 Å². The molecule has 0 aliphatic rings. The zero-order valence-corrected chi connectivity index (χ0v) is 13.8. The lowest BCUT2D eigenvalue weighted by Gasteiger charge is -2.06. The van der Waals surface area contributed by atoms with Gasteiger partial charge in [0.25, 0.3) is 0 Å². The van der Waals surface area contributed by atoms with E-state index in [9.17, 15) is 0 Å². The van der Waals surface area contributed by atoms with Crippen LogP contribution in [0, 0.1) is 0 Å². The highest BCUT2D eigenvalue weighted by Crippen LogP contribution is 2.26. The number of benzene rings is 1. The molecule has 1 N–H and O–H groups in total. The number of fused-ring (bicyclic) bond motifs is 1. The third kappa shape index (κ3) is 2.79. The smallest absolute Gasteiger partial charge is 0.156 e. The monoisotopic (exact) mass is 355 g/mol. The summed E-state index contributed by atoms with van der Waals surface area (Å²) in [6.07, 6.45) is 5.14. The number of aromatic nitrogens is 4. The van der Waals surface area contributed by atoms with Gasteiger partial charge in [0, 0.05) is 22.5 Å². The van der Waals surface area contributed by atoms with E-state index in [1.54, 1.807) is 35.2 Å². The van der Waals surface area contributed by atoms with Gasteiger partial charge in [0.2, 0.25) is 0 Å². The van der Waals surface area contributed by atoms with Gasteiger partial charge in [-0.2, -0.15) is 9.61 Å². The van der Waals surface area contributed by atoms with Crippen molar-refractivity contribution < 1.29 is 0 Å². The van der Waals surface area contributed by atoms with E-state index in [-0.39, 0.29) is 0 Å². The predicted molar refractivity (Wildman–Crippen MR) is 96.0 cm³/mol. The summed E-state index contributed by atoms with van der Waals surface area (Å²) < 4.78 is 1.72. The first-order valence-electron chi connectivity index (χ1n) is 7.18. The summed E-state index contributed by atoms with van der Waals surface area (Å²) >= 11 is 12.1. The van der Waals surface area contributed by atoms with E-state index in [2.05, 4.69) is 20.4 Å². The van der Waals surface area contributed by atoms with E-state index < -0.39 is 0 Å². The van der Waals surface area contributed by atoms with Crippen molar-refractivity contribution >= 4 is 40.4 Å².